The van der Waals surface area contributed by atoms with Gasteiger partial charge in [0.2, 0.25) is 5.95 Å². The van der Waals surface area contributed by atoms with Gasteiger partial charge in [0.05, 0.1) is 25.4 Å². The number of anilines is 1. The van der Waals surface area contributed by atoms with Gasteiger partial charge in [-0.15, -0.1) is 0 Å². The number of methoxy groups -OCH3 is 2. The number of nitrogen functional groups attached to an aromatic ring is 1. The zero-order valence-electron chi connectivity index (χ0n) is 18.4. The monoisotopic (exact) mass is 441 g/mol. The number of rotatable bonds is 5. The van der Waals surface area contributed by atoms with Crippen LogP contribution in [0.25, 0.3) is 27.9 Å². The van der Waals surface area contributed by atoms with E-state index in [1.807, 2.05) is 48.6 Å². The third-order valence-corrected chi connectivity index (χ3v) is 5.55. The molecule has 0 spiro atoms. The maximum Gasteiger partial charge on any atom is 0.221 e. The van der Waals surface area contributed by atoms with Crippen LogP contribution in [-0.4, -0.2) is 24.2 Å². The van der Waals surface area contributed by atoms with E-state index in [1.54, 1.807) is 26.7 Å². The SMILES string of the molecule is COc1ccc(-c2nc(N)nc3ccc(C4=COC=C(C5=CC=CCC5)O4)cc23)cc1OC. The lowest BCUT2D eigenvalue weighted by Crippen LogP contribution is -2.04. The first-order valence-corrected chi connectivity index (χ1v) is 10.6. The number of ether oxygens (including phenoxy) is 4. The number of fused-ring (bicyclic) bond motifs is 1. The van der Waals surface area contributed by atoms with Gasteiger partial charge < -0.3 is 24.7 Å². The quantitative estimate of drug-likeness (QED) is 0.570. The minimum atomic E-state index is 0.194. The number of hydrogen-bond donors (Lipinski definition) is 1. The maximum atomic E-state index is 6.19. The molecule has 0 radical (unpaired) electrons. The molecule has 5 rings (SSSR count). The Kier molecular flexibility index (Phi) is 5.44. The minimum Gasteiger partial charge on any atom is -0.493 e. The second kappa shape index (κ2) is 8.70. The summed E-state index contributed by atoms with van der Waals surface area (Å²) in [5.41, 5.74) is 10.2. The summed E-state index contributed by atoms with van der Waals surface area (Å²) in [6, 6.07) is 11.4. The smallest absolute Gasteiger partial charge is 0.221 e. The molecule has 166 valence electrons. The number of nitrogens with two attached hydrogens (primary N) is 1. The van der Waals surface area contributed by atoms with E-state index >= 15 is 0 Å². The van der Waals surface area contributed by atoms with Gasteiger partial charge in [0.15, 0.2) is 23.0 Å². The topological polar surface area (TPSA) is 88.7 Å². The second-order valence-corrected chi connectivity index (χ2v) is 7.59. The lowest BCUT2D eigenvalue weighted by Gasteiger charge is -2.20. The van der Waals surface area contributed by atoms with Gasteiger partial charge in [0.25, 0.3) is 0 Å². The van der Waals surface area contributed by atoms with Crippen molar-refractivity contribution in [1.82, 2.24) is 9.97 Å². The van der Waals surface area contributed by atoms with Crippen molar-refractivity contribution in [3.8, 4) is 22.8 Å². The predicted molar refractivity (Wildman–Crippen MR) is 127 cm³/mol. The first kappa shape index (κ1) is 20.6. The molecule has 2 heterocycles. The van der Waals surface area contributed by atoms with E-state index in [1.165, 1.54) is 0 Å². The molecule has 33 heavy (non-hydrogen) atoms. The number of benzene rings is 2. The van der Waals surface area contributed by atoms with E-state index in [0.717, 1.165) is 40.4 Å². The molecule has 7 heteroatoms. The summed E-state index contributed by atoms with van der Waals surface area (Å²) in [5, 5.41) is 0.828. The maximum absolute atomic E-state index is 6.19. The van der Waals surface area contributed by atoms with Gasteiger partial charge in [-0.3, -0.25) is 0 Å². The fourth-order valence-corrected chi connectivity index (χ4v) is 3.90. The Morgan fingerprint density at radius 1 is 0.909 bits per heavy atom. The van der Waals surface area contributed by atoms with Crippen LogP contribution >= 0.6 is 0 Å². The Hall–Kier alpha value is -4.26. The van der Waals surface area contributed by atoms with E-state index in [-0.39, 0.29) is 5.95 Å². The Balaban J connectivity index is 1.56. The summed E-state index contributed by atoms with van der Waals surface area (Å²) >= 11 is 0. The molecule has 0 saturated heterocycles. The van der Waals surface area contributed by atoms with Crippen molar-refractivity contribution in [3.05, 3.63) is 84.0 Å². The molecule has 0 saturated carbocycles. The van der Waals surface area contributed by atoms with Crippen molar-refractivity contribution in [2.75, 3.05) is 20.0 Å². The molecule has 0 bridgehead atoms. The minimum absolute atomic E-state index is 0.194. The highest BCUT2D eigenvalue weighted by Crippen LogP contribution is 2.36. The highest BCUT2D eigenvalue weighted by atomic mass is 16.5. The van der Waals surface area contributed by atoms with Crippen LogP contribution in [0.15, 0.2) is 78.5 Å². The molecular formula is C26H23N3O4. The van der Waals surface area contributed by atoms with E-state index in [2.05, 4.69) is 16.0 Å². The zero-order chi connectivity index (χ0) is 22.8. The number of hydrogen-bond acceptors (Lipinski definition) is 7. The van der Waals surface area contributed by atoms with Gasteiger partial charge in [-0.1, -0.05) is 18.2 Å². The molecule has 0 fully saturated rings. The second-order valence-electron chi connectivity index (χ2n) is 7.59. The van der Waals surface area contributed by atoms with E-state index < -0.39 is 0 Å². The van der Waals surface area contributed by atoms with Gasteiger partial charge in [-0.25, -0.2) is 9.97 Å². The van der Waals surface area contributed by atoms with Gasteiger partial charge in [-0.05, 0) is 54.8 Å². The number of nitrogens with zero attached hydrogens (tertiary/aromatic N) is 2. The third-order valence-electron chi connectivity index (χ3n) is 5.55. The summed E-state index contributed by atoms with van der Waals surface area (Å²) in [7, 11) is 3.20. The Bertz CT molecular complexity index is 1360. The van der Waals surface area contributed by atoms with Gasteiger partial charge >= 0.3 is 0 Å². The summed E-state index contributed by atoms with van der Waals surface area (Å²) in [5.74, 6) is 2.76. The molecule has 7 nitrogen and oxygen atoms in total. The molecule has 3 aromatic rings. The summed E-state index contributed by atoms with van der Waals surface area (Å²) in [4.78, 5) is 8.93. The highest BCUT2D eigenvalue weighted by Gasteiger charge is 2.18. The Morgan fingerprint density at radius 3 is 2.52 bits per heavy atom. The first-order chi connectivity index (χ1) is 16.2. The van der Waals surface area contributed by atoms with Gasteiger partial charge in [0.1, 0.15) is 12.5 Å². The molecule has 1 aromatic heterocycles. The molecule has 2 N–H and O–H groups in total. The van der Waals surface area contributed by atoms with Crippen molar-refractivity contribution in [3.63, 3.8) is 0 Å². The van der Waals surface area contributed by atoms with Crippen LogP contribution in [0.3, 0.4) is 0 Å². The van der Waals surface area contributed by atoms with Crippen LogP contribution in [0.5, 0.6) is 11.5 Å². The predicted octanol–water partition coefficient (Wildman–Crippen LogP) is 5.36. The number of allylic oxidation sites excluding steroid dienone is 4. The van der Waals surface area contributed by atoms with Crippen LogP contribution in [0.4, 0.5) is 5.95 Å². The Labute approximate surface area is 191 Å². The largest absolute Gasteiger partial charge is 0.493 e. The summed E-state index contributed by atoms with van der Waals surface area (Å²) in [6.45, 7) is 0. The van der Waals surface area contributed by atoms with Crippen molar-refractivity contribution in [1.29, 1.82) is 0 Å². The van der Waals surface area contributed by atoms with Crippen molar-refractivity contribution in [2.45, 2.75) is 12.8 Å². The van der Waals surface area contributed by atoms with Crippen LogP contribution < -0.4 is 15.2 Å². The van der Waals surface area contributed by atoms with E-state index in [0.29, 0.717) is 28.7 Å². The van der Waals surface area contributed by atoms with Crippen LogP contribution in [-0.2, 0) is 9.47 Å². The number of aromatic nitrogens is 2. The molecule has 0 atom stereocenters. The zero-order valence-corrected chi connectivity index (χ0v) is 18.4. The van der Waals surface area contributed by atoms with Crippen molar-refractivity contribution in [2.24, 2.45) is 0 Å². The average molecular weight is 441 g/mol. The molecule has 0 amide bonds. The fourth-order valence-electron chi connectivity index (χ4n) is 3.90. The molecule has 2 aliphatic rings. The molecule has 1 aliphatic carbocycles. The van der Waals surface area contributed by atoms with Crippen molar-refractivity contribution >= 4 is 22.6 Å². The standard InChI is InChI=1S/C26H23N3O4/c1-30-21-11-9-18(13-22(21)31-2)25-19-12-17(8-10-20(19)28-26(27)29-25)24-15-32-14-23(33-24)16-6-4-3-5-7-16/h3-4,6,8-15H,5,7H2,1-2H3,(H2,27,28,29). The van der Waals surface area contributed by atoms with E-state index in [9.17, 15) is 0 Å². The fraction of sp³-hybridized carbons (Fsp3) is 0.154. The van der Waals surface area contributed by atoms with Crippen LogP contribution in [0, 0.1) is 0 Å². The molecular weight excluding hydrogens is 418 g/mol. The lowest BCUT2D eigenvalue weighted by molar-refractivity contribution is 0.285. The first-order valence-electron chi connectivity index (χ1n) is 10.6. The summed E-state index contributed by atoms with van der Waals surface area (Å²) < 4.78 is 22.6. The summed E-state index contributed by atoms with van der Waals surface area (Å²) in [6.07, 6.45) is 11.3. The van der Waals surface area contributed by atoms with Gasteiger partial charge in [0, 0.05) is 16.5 Å². The molecule has 2 aromatic carbocycles. The van der Waals surface area contributed by atoms with Crippen LogP contribution in [0.1, 0.15) is 18.4 Å². The molecule has 1 aliphatic heterocycles. The van der Waals surface area contributed by atoms with Gasteiger partial charge in [-0.2, -0.15) is 0 Å². The normalized spacial score (nSPS) is 15.2. The average Bonchev–Trinajstić information content (AvgIpc) is 2.88. The lowest BCUT2D eigenvalue weighted by atomic mass is 10.0. The molecule has 0 unspecified atom stereocenters. The Morgan fingerprint density at radius 2 is 1.73 bits per heavy atom. The third kappa shape index (κ3) is 4.01. The van der Waals surface area contributed by atoms with E-state index in [4.69, 9.17) is 24.7 Å². The van der Waals surface area contributed by atoms with Crippen molar-refractivity contribution < 1.29 is 18.9 Å². The van der Waals surface area contributed by atoms with Crippen LogP contribution in [0.2, 0.25) is 0 Å². The highest BCUT2D eigenvalue weighted by molar-refractivity contribution is 5.95.